The highest BCUT2D eigenvalue weighted by Gasteiger charge is 2.61. The molecule has 1 N–H and O–H groups in total. The first-order valence-electron chi connectivity index (χ1n) is 10.5. The van der Waals surface area contributed by atoms with Crippen LogP contribution < -0.4 is 0 Å². The molecule has 3 saturated heterocycles. The molecule has 4 heterocycles. The smallest absolute Gasteiger partial charge is 0.229 e. The Kier molecular flexibility index (Phi) is 5.41. The summed E-state index contributed by atoms with van der Waals surface area (Å²) in [5.74, 6) is -0.0359. The zero-order valence-corrected chi connectivity index (χ0v) is 16.4. The molecule has 1 aromatic carbocycles. The van der Waals surface area contributed by atoms with Gasteiger partial charge in [0.15, 0.2) is 6.29 Å². The zero-order valence-electron chi connectivity index (χ0n) is 16.4. The largest absolute Gasteiger partial charge is 0.395 e. The third kappa shape index (κ3) is 3.85. The highest BCUT2D eigenvalue weighted by molar-refractivity contribution is 5.81. The Morgan fingerprint density at radius 2 is 1.83 bits per heavy atom. The number of β-amino-alcohol motifs (C(OH)–C–C–N with tert-alkyl or cyclic N) is 1. The van der Waals surface area contributed by atoms with Crippen molar-refractivity contribution in [3.05, 3.63) is 48.0 Å². The van der Waals surface area contributed by atoms with Gasteiger partial charge < -0.3 is 24.2 Å². The standard InChI is InChI=1S/C22H28N2O5/c25-13-12-23-8-10-24(11-9-23)21(26)19-17-7-6-16(28-17)18(19)20-22(29-20)27-14-15-4-2-1-3-5-15/h1-7,16-20,22,25H,8-14H2/t16-,17+,18?,19?,20?,22?/m1/s1. The number of ether oxygens (including phenoxy) is 3. The molecule has 4 aliphatic rings. The van der Waals surface area contributed by atoms with Gasteiger partial charge in [-0.25, -0.2) is 0 Å². The van der Waals surface area contributed by atoms with Crippen LogP contribution in [0.4, 0.5) is 0 Å². The Bertz CT molecular complexity index is 749. The van der Waals surface area contributed by atoms with Crippen molar-refractivity contribution < 1.29 is 24.1 Å². The van der Waals surface area contributed by atoms with Crippen molar-refractivity contribution in [2.24, 2.45) is 11.8 Å². The normalized spacial score (nSPS) is 36.0. The van der Waals surface area contributed by atoms with E-state index in [-0.39, 0.29) is 49.0 Å². The minimum atomic E-state index is -0.270. The van der Waals surface area contributed by atoms with Crippen molar-refractivity contribution >= 4 is 5.91 Å². The number of benzene rings is 1. The van der Waals surface area contributed by atoms with Gasteiger partial charge in [-0.1, -0.05) is 42.5 Å². The topological polar surface area (TPSA) is 74.8 Å². The van der Waals surface area contributed by atoms with Crippen LogP contribution in [0.15, 0.2) is 42.5 Å². The van der Waals surface area contributed by atoms with Crippen LogP contribution in [0.1, 0.15) is 5.56 Å². The van der Waals surface area contributed by atoms with Gasteiger partial charge in [0.1, 0.15) is 6.10 Å². The van der Waals surface area contributed by atoms with Gasteiger partial charge in [-0.3, -0.25) is 9.69 Å². The monoisotopic (exact) mass is 400 g/mol. The summed E-state index contributed by atoms with van der Waals surface area (Å²) >= 11 is 0. The number of epoxide rings is 1. The lowest BCUT2D eigenvalue weighted by Crippen LogP contribution is -2.53. The first kappa shape index (κ1) is 19.2. The molecular formula is C22H28N2O5. The SMILES string of the molecule is O=C(C1C(C2OC2OCc2ccccc2)[C@H]2C=C[C@@H]1O2)N1CCN(CCO)CC1. The van der Waals surface area contributed by atoms with Gasteiger partial charge in [0.25, 0.3) is 0 Å². The maximum atomic E-state index is 13.3. The maximum Gasteiger partial charge on any atom is 0.229 e. The Hall–Kier alpha value is -1.77. The van der Waals surface area contributed by atoms with E-state index in [0.29, 0.717) is 26.2 Å². The van der Waals surface area contributed by atoms with E-state index < -0.39 is 0 Å². The Morgan fingerprint density at radius 1 is 1.07 bits per heavy atom. The summed E-state index contributed by atoms with van der Waals surface area (Å²) in [6.45, 7) is 4.33. The molecule has 0 spiro atoms. The van der Waals surface area contributed by atoms with Gasteiger partial charge in [0, 0.05) is 38.6 Å². The average Bonchev–Trinajstić information content (AvgIpc) is 3.22. The molecule has 0 aliphatic carbocycles. The molecule has 0 radical (unpaired) electrons. The summed E-state index contributed by atoms with van der Waals surface area (Å²) in [6.07, 6.45) is 3.49. The van der Waals surface area contributed by atoms with E-state index >= 15 is 0 Å². The minimum absolute atomic E-state index is 0.00810. The Balaban J connectivity index is 1.20. The van der Waals surface area contributed by atoms with Crippen molar-refractivity contribution in [3.8, 4) is 0 Å². The number of aliphatic hydroxyl groups is 1. The van der Waals surface area contributed by atoms with E-state index in [1.54, 1.807) is 0 Å². The third-order valence-electron chi connectivity index (χ3n) is 6.46. The number of piperazine rings is 1. The molecule has 4 unspecified atom stereocenters. The fourth-order valence-corrected chi connectivity index (χ4v) is 4.85. The molecule has 2 bridgehead atoms. The summed E-state index contributed by atoms with van der Waals surface area (Å²) in [5.41, 5.74) is 1.11. The molecule has 1 amide bonds. The lowest BCUT2D eigenvalue weighted by molar-refractivity contribution is -0.139. The maximum absolute atomic E-state index is 13.3. The molecule has 29 heavy (non-hydrogen) atoms. The van der Waals surface area contributed by atoms with E-state index in [1.165, 1.54) is 0 Å². The first-order valence-corrected chi connectivity index (χ1v) is 10.5. The van der Waals surface area contributed by atoms with Crippen LogP contribution in [0, 0.1) is 11.8 Å². The van der Waals surface area contributed by atoms with E-state index in [9.17, 15) is 4.79 Å². The highest BCUT2D eigenvalue weighted by Crippen LogP contribution is 2.48. The van der Waals surface area contributed by atoms with Crippen LogP contribution in [-0.4, -0.2) is 84.7 Å². The predicted molar refractivity (Wildman–Crippen MR) is 105 cm³/mol. The van der Waals surface area contributed by atoms with Crippen LogP contribution in [-0.2, 0) is 25.6 Å². The molecule has 3 fully saturated rings. The number of amides is 1. The van der Waals surface area contributed by atoms with Crippen LogP contribution in [0.2, 0.25) is 0 Å². The first-order chi connectivity index (χ1) is 14.2. The second kappa shape index (κ2) is 8.16. The van der Waals surface area contributed by atoms with Gasteiger partial charge in [-0.05, 0) is 5.56 Å². The van der Waals surface area contributed by atoms with E-state index in [0.717, 1.165) is 18.7 Å². The number of carbonyl (C=O) groups excluding carboxylic acids is 1. The van der Waals surface area contributed by atoms with Crippen LogP contribution in [0.3, 0.4) is 0 Å². The lowest BCUT2D eigenvalue weighted by Gasteiger charge is -2.37. The van der Waals surface area contributed by atoms with Crippen LogP contribution in [0.5, 0.6) is 0 Å². The molecule has 7 nitrogen and oxygen atoms in total. The van der Waals surface area contributed by atoms with E-state index in [4.69, 9.17) is 19.3 Å². The summed E-state index contributed by atoms with van der Waals surface area (Å²) < 4.78 is 17.8. The fourth-order valence-electron chi connectivity index (χ4n) is 4.85. The number of hydrogen-bond donors (Lipinski definition) is 1. The van der Waals surface area contributed by atoms with Gasteiger partial charge in [0.2, 0.25) is 5.91 Å². The van der Waals surface area contributed by atoms with Gasteiger partial charge in [-0.2, -0.15) is 0 Å². The quantitative estimate of drug-likeness (QED) is 0.535. The van der Waals surface area contributed by atoms with Crippen LogP contribution >= 0.6 is 0 Å². The second-order valence-corrected chi connectivity index (χ2v) is 8.21. The molecule has 0 aromatic heterocycles. The molecule has 0 saturated carbocycles. The summed E-state index contributed by atoms with van der Waals surface area (Å²) in [6, 6.07) is 10.0. The average molecular weight is 400 g/mol. The van der Waals surface area contributed by atoms with E-state index in [2.05, 4.69) is 11.0 Å². The van der Waals surface area contributed by atoms with Crippen molar-refractivity contribution in [2.75, 3.05) is 39.3 Å². The number of hydrogen-bond acceptors (Lipinski definition) is 6. The van der Waals surface area contributed by atoms with Crippen molar-refractivity contribution in [3.63, 3.8) is 0 Å². The second-order valence-electron chi connectivity index (χ2n) is 8.21. The molecule has 6 atom stereocenters. The van der Waals surface area contributed by atoms with E-state index in [1.807, 2.05) is 41.3 Å². The number of carbonyl (C=O) groups is 1. The third-order valence-corrected chi connectivity index (χ3v) is 6.46. The van der Waals surface area contributed by atoms with Crippen molar-refractivity contribution in [1.29, 1.82) is 0 Å². The molecule has 1 aromatic rings. The van der Waals surface area contributed by atoms with Crippen LogP contribution in [0.25, 0.3) is 0 Å². The fraction of sp³-hybridized carbons (Fsp3) is 0.591. The summed E-state index contributed by atoms with van der Waals surface area (Å²) in [4.78, 5) is 17.5. The van der Waals surface area contributed by atoms with Gasteiger partial charge in [0.05, 0.1) is 31.3 Å². The molecule has 5 rings (SSSR count). The zero-order chi connectivity index (χ0) is 19.8. The predicted octanol–water partition coefficient (Wildman–Crippen LogP) is 0.634. The highest BCUT2D eigenvalue weighted by atomic mass is 16.8. The summed E-state index contributed by atoms with van der Waals surface area (Å²) in [5, 5.41) is 9.11. The summed E-state index contributed by atoms with van der Waals surface area (Å²) in [7, 11) is 0. The number of aliphatic hydroxyl groups excluding tert-OH is 1. The number of nitrogens with zero attached hydrogens (tertiary/aromatic N) is 2. The molecular weight excluding hydrogens is 372 g/mol. The molecule has 156 valence electrons. The Labute approximate surface area is 170 Å². The molecule has 4 aliphatic heterocycles. The van der Waals surface area contributed by atoms with Gasteiger partial charge >= 0.3 is 0 Å². The lowest BCUT2D eigenvalue weighted by atomic mass is 9.79. The van der Waals surface area contributed by atoms with Crippen molar-refractivity contribution in [1.82, 2.24) is 9.80 Å². The number of rotatable bonds is 7. The molecule has 7 heteroatoms. The Morgan fingerprint density at radius 3 is 2.59 bits per heavy atom. The minimum Gasteiger partial charge on any atom is -0.395 e. The van der Waals surface area contributed by atoms with Gasteiger partial charge in [-0.15, -0.1) is 0 Å². The van der Waals surface area contributed by atoms with Crippen molar-refractivity contribution in [2.45, 2.75) is 31.2 Å². The number of fused-ring (bicyclic) bond motifs is 2.